The molecule has 0 unspecified atom stereocenters. The lowest BCUT2D eigenvalue weighted by Crippen LogP contribution is -1.85. The predicted molar refractivity (Wildman–Crippen MR) is 52.1 cm³/mol. The van der Waals surface area contributed by atoms with Gasteiger partial charge in [-0.25, -0.2) is 0 Å². The van der Waals surface area contributed by atoms with Crippen LogP contribution in [0.3, 0.4) is 0 Å². The molecule has 0 fully saturated rings. The molecule has 0 aliphatic rings. The molecule has 0 saturated heterocycles. The maximum Gasteiger partial charge on any atom is 0.182 e. The highest BCUT2D eigenvalue weighted by Crippen LogP contribution is 2.20. The van der Waals surface area contributed by atoms with Crippen LogP contribution in [0.4, 0.5) is 8.78 Å². The summed E-state index contributed by atoms with van der Waals surface area (Å²) < 4.78 is 25.4. The molecule has 0 aliphatic carbocycles. The van der Waals surface area contributed by atoms with E-state index in [0.29, 0.717) is 23.3 Å². The predicted octanol–water partition coefficient (Wildman–Crippen LogP) is 4.15. The fourth-order valence-corrected chi connectivity index (χ4v) is 1.95. The number of hydrogen-bond acceptors (Lipinski definition) is 1. The van der Waals surface area contributed by atoms with Crippen molar-refractivity contribution in [3.05, 3.63) is 21.9 Å². The zero-order valence-electron chi connectivity index (χ0n) is 7.78. The second-order valence-corrected chi connectivity index (χ2v) is 4.11. The van der Waals surface area contributed by atoms with E-state index in [1.54, 1.807) is 0 Å². The normalized spacial score (nSPS) is 10.7. The van der Waals surface area contributed by atoms with E-state index in [9.17, 15) is 8.78 Å². The second kappa shape index (κ2) is 5.32. The monoisotopic (exact) mass is 204 g/mol. The largest absolute Gasteiger partial charge is 0.195 e. The van der Waals surface area contributed by atoms with Gasteiger partial charge in [0.1, 0.15) is 0 Å². The maximum absolute atomic E-state index is 12.9. The van der Waals surface area contributed by atoms with Crippen LogP contribution in [0, 0.1) is 10.3 Å². The van der Waals surface area contributed by atoms with Crippen LogP contribution in [0.5, 0.6) is 0 Å². The van der Waals surface area contributed by atoms with Crippen LogP contribution < -0.4 is 0 Å². The van der Waals surface area contributed by atoms with E-state index < -0.39 is 5.13 Å². The smallest absolute Gasteiger partial charge is 0.182 e. The Bertz CT molecular complexity index is 255. The molecule has 0 aliphatic heterocycles. The van der Waals surface area contributed by atoms with Crippen molar-refractivity contribution in [1.29, 1.82) is 0 Å². The van der Waals surface area contributed by atoms with Gasteiger partial charge in [-0.05, 0) is 18.9 Å². The van der Waals surface area contributed by atoms with Crippen molar-refractivity contribution in [1.82, 2.24) is 0 Å². The van der Waals surface area contributed by atoms with E-state index in [0.717, 1.165) is 12.8 Å². The summed E-state index contributed by atoms with van der Waals surface area (Å²) in [6.07, 6.45) is 5.08. The summed E-state index contributed by atoms with van der Waals surface area (Å²) >= 11 is 0.600. The number of aryl methyl sites for hydroxylation is 1. The van der Waals surface area contributed by atoms with E-state index in [4.69, 9.17) is 0 Å². The quantitative estimate of drug-likeness (QED) is 0.632. The SMILES string of the molecule is CCCCCCc1cc(F)sc1F. The molecule has 1 aromatic heterocycles. The minimum atomic E-state index is -0.414. The molecule has 0 nitrogen and oxygen atoms in total. The minimum absolute atomic E-state index is 0.353. The van der Waals surface area contributed by atoms with Crippen LogP contribution in [0.2, 0.25) is 0 Å². The van der Waals surface area contributed by atoms with Crippen molar-refractivity contribution in [2.75, 3.05) is 0 Å². The second-order valence-electron chi connectivity index (χ2n) is 3.16. The van der Waals surface area contributed by atoms with Gasteiger partial charge in [0.2, 0.25) is 0 Å². The average Bonchev–Trinajstić information content (AvgIpc) is 2.39. The summed E-state index contributed by atoms with van der Waals surface area (Å²) in [5.41, 5.74) is 0.540. The zero-order valence-corrected chi connectivity index (χ0v) is 8.59. The van der Waals surface area contributed by atoms with E-state index in [2.05, 4.69) is 6.92 Å². The Kier molecular flexibility index (Phi) is 4.36. The van der Waals surface area contributed by atoms with Gasteiger partial charge in [0.25, 0.3) is 0 Å². The first-order valence-corrected chi connectivity index (χ1v) is 5.49. The highest BCUT2D eigenvalue weighted by atomic mass is 32.1. The van der Waals surface area contributed by atoms with Crippen molar-refractivity contribution in [2.45, 2.75) is 39.0 Å². The lowest BCUT2D eigenvalue weighted by atomic mass is 10.1. The molecule has 0 N–H and O–H groups in total. The first-order chi connectivity index (χ1) is 6.24. The molecular weight excluding hydrogens is 190 g/mol. The number of rotatable bonds is 5. The summed E-state index contributed by atoms with van der Waals surface area (Å²) in [5.74, 6) is 0. The van der Waals surface area contributed by atoms with Crippen molar-refractivity contribution < 1.29 is 8.78 Å². The zero-order chi connectivity index (χ0) is 9.68. The van der Waals surface area contributed by atoms with Gasteiger partial charge in [-0.3, -0.25) is 0 Å². The highest BCUT2D eigenvalue weighted by molar-refractivity contribution is 7.08. The maximum atomic E-state index is 12.9. The van der Waals surface area contributed by atoms with Crippen LogP contribution in [-0.2, 0) is 6.42 Å². The fourth-order valence-electron chi connectivity index (χ4n) is 1.29. The summed E-state index contributed by atoms with van der Waals surface area (Å²) in [5, 5.41) is -0.767. The Labute approximate surface area is 81.6 Å². The Balaban J connectivity index is 2.32. The van der Waals surface area contributed by atoms with Crippen molar-refractivity contribution in [2.24, 2.45) is 0 Å². The van der Waals surface area contributed by atoms with Crippen molar-refractivity contribution in [3.8, 4) is 0 Å². The highest BCUT2D eigenvalue weighted by Gasteiger charge is 2.07. The Morgan fingerprint density at radius 2 is 2.00 bits per heavy atom. The van der Waals surface area contributed by atoms with Gasteiger partial charge < -0.3 is 0 Å². The van der Waals surface area contributed by atoms with Gasteiger partial charge in [0.05, 0.1) is 0 Å². The van der Waals surface area contributed by atoms with E-state index in [1.165, 1.54) is 18.9 Å². The van der Waals surface area contributed by atoms with Crippen LogP contribution in [0.25, 0.3) is 0 Å². The van der Waals surface area contributed by atoms with Gasteiger partial charge in [-0.15, -0.1) is 0 Å². The summed E-state index contributed by atoms with van der Waals surface area (Å²) in [7, 11) is 0. The van der Waals surface area contributed by atoms with Crippen LogP contribution in [0.15, 0.2) is 6.07 Å². The summed E-state index contributed by atoms with van der Waals surface area (Å²) in [4.78, 5) is 0. The molecule has 1 heterocycles. The van der Waals surface area contributed by atoms with Gasteiger partial charge >= 0.3 is 0 Å². The molecule has 0 aromatic carbocycles. The van der Waals surface area contributed by atoms with E-state index >= 15 is 0 Å². The lowest BCUT2D eigenvalue weighted by Gasteiger charge is -1.97. The Hall–Kier alpha value is -0.440. The third-order valence-corrected chi connectivity index (χ3v) is 2.78. The van der Waals surface area contributed by atoms with Gasteiger partial charge in [-0.2, -0.15) is 8.78 Å². The van der Waals surface area contributed by atoms with Gasteiger partial charge in [0, 0.05) is 5.56 Å². The van der Waals surface area contributed by atoms with Crippen LogP contribution in [0.1, 0.15) is 38.2 Å². The number of unbranched alkanes of at least 4 members (excludes halogenated alkanes) is 3. The molecule has 0 bridgehead atoms. The van der Waals surface area contributed by atoms with E-state index in [-0.39, 0.29) is 5.13 Å². The third-order valence-electron chi connectivity index (χ3n) is 2.03. The van der Waals surface area contributed by atoms with Gasteiger partial charge in [-0.1, -0.05) is 37.5 Å². The first-order valence-electron chi connectivity index (χ1n) is 4.67. The molecule has 0 amide bonds. The molecule has 0 spiro atoms. The summed E-state index contributed by atoms with van der Waals surface area (Å²) in [6, 6.07) is 1.31. The number of hydrogen-bond donors (Lipinski definition) is 0. The topological polar surface area (TPSA) is 0 Å². The Morgan fingerprint density at radius 1 is 1.23 bits per heavy atom. The molecule has 74 valence electrons. The fraction of sp³-hybridized carbons (Fsp3) is 0.600. The minimum Gasteiger partial charge on any atom is -0.195 e. The van der Waals surface area contributed by atoms with Crippen LogP contribution >= 0.6 is 11.3 Å². The number of thiophene rings is 1. The average molecular weight is 204 g/mol. The van der Waals surface area contributed by atoms with E-state index in [1.807, 2.05) is 0 Å². The molecule has 1 aromatic rings. The standard InChI is InChI=1S/C10H14F2S/c1-2-3-4-5-6-8-7-9(11)13-10(8)12/h7H,2-6H2,1H3. The Morgan fingerprint density at radius 3 is 2.54 bits per heavy atom. The molecule has 13 heavy (non-hydrogen) atoms. The molecule has 0 saturated carbocycles. The molecule has 0 atom stereocenters. The molecule has 3 heteroatoms. The third kappa shape index (κ3) is 3.43. The van der Waals surface area contributed by atoms with Crippen molar-refractivity contribution >= 4 is 11.3 Å². The lowest BCUT2D eigenvalue weighted by molar-refractivity contribution is 0.616. The number of halogens is 2. The molecule has 1 rings (SSSR count). The first kappa shape index (κ1) is 10.6. The van der Waals surface area contributed by atoms with Crippen molar-refractivity contribution in [3.63, 3.8) is 0 Å². The van der Waals surface area contributed by atoms with Gasteiger partial charge in [0.15, 0.2) is 10.3 Å². The molecule has 0 radical (unpaired) electrons. The summed E-state index contributed by atoms with van der Waals surface area (Å²) in [6.45, 7) is 2.13. The molecular formula is C10H14F2S. The van der Waals surface area contributed by atoms with Crippen LogP contribution in [-0.4, -0.2) is 0 Å².